The van der Waals surface area contributed by atoms with E-state index in [1.807, 2.05) is 24.6 Å². The van der Waals surface area contributed by atoms with Crippen LogP contribution in [0.1, 0.15) is 30.7 Å². The normalized spacial score (nSPS) is 15.6. The van der Waals surface area contributed by atoms with Crippen molar-refractivity contribution >= 4 is 28.5 Å². The molecule has 2 aliphatic heterocycles. The van der Waals surface area contributed by atoms with Gasteiger partial charge in [-0.3, -0.25) is 28.7 Å². The van der Waals surface area contributed by atoms with E-state index in [1.54, 1.807) is 62.9 Å². The van der Waals surface area contributed by atoms with Crippen LogP contribution in [-0.4, -0.2) is 73.2 Å². The van der Waals surface area contributed by atoms with Crippen molar-refractivity contribution in [3.8, 4) is 16.9 Å². The summed E-state index contributed by atoms with van der Waals surface area (Å²) in [6.45, 7) is 7.27. The number of aliphatic imine (C=N–C) groups is 1. The summed E-state index contributed by atoms with van der Waals surface area (Å²) in [5.41, 5.74) is 2.23. The van der Waals surface area contributed by atoms with Gasteiger partial charge in [0.1, 0.15) is 11.5 Å². The number of halogens is 1. The first kappa shape index (κ1) is 31.6. The average Bonchev–Trinajstić information content (AvgIpc) is 3.43. The molecule has 248 valence electrons. The number of aryl methyl sites for hydroxylation is 1. The highest BCUT2D eigenvalue weighted by atomic mass is 19.1. The molecule has 0 bridgehead atoms. The molecule has 0 unspecified atom stereocenters. The largest absolute Gasteiger partial charge is 0.392 e. The lowest BCUT2D eigenvalue weighted by molar-refractivity contribution is -0.0735. The molecule has 5 aromatic rings. The fourth-order valence-electron chi connectivity index (χ4n) is 6.55. The molecule has 0 radical (unpaired) electrons. The molecule has 5 heterocycles. The predicted octanol–water partition coefficient (Wildman–Crippen LogP) is 3.52. The minimum Gasteiger partial charge on any atom is -0.392 e. The Kier molecular flexibility index (Phi) is 8.06. The average molecular weight is 653 g/mol. The number of pyridine rings is 1. The van der Waals surface area contributed by atoms with Crippen LogP contribution in [0.5, 0.6) is 0 Å². The van der Waals surface area contributed by atoms with Crippen LogP contribution in [0.2, 0.25) is 0 Å². The number of aliphatic hydroxyl groups is 1. The first-order valence-electron chi connectivity index (χ1n) is 15.8. The van der Waals surface area contributed by atoms with Gasteiger partial charge in [-0.1, -0.05) is 26.0 Å². The highest BCUT2D eigenvalue weighted by Gasteiger charge is 2.30. The number of ether oxygens (including phenoxy) is 1. The Morgan fingerprint density at radius 2 is 1.92 bits per heavy atom. The molecule has 48 heavy (non-hydrogen) atoms. The number of anilines is 2. The first-order valence-corrected chi connectivity index (χ1v) is 15.8. The van der Waals surface area contributed by atoms with E-state index in [4.69, 9.17) is 4.74 Å². The van der Waals surface area contributed by atoms with Crippen molar-refractivity contribution in [3.05, 3.63) is 98.1 Å². The van der Waals surface area contributed by atoms with Gasteiger partial charge in [0.15, 0.2) is 5.82 Å². The van der Waals surface area contributed by atoms with Crippen LogP contribution < -0.4 is 16.4 Å². The van der Waals surface area contributed by atoms with Crippen molar-refractivity contribution < 1.29 is 14.2 Å². The zero-order valence-electron chi connectivity index (χ0n) is 27.3. The topological polar surface area (TPSA) is 132 Å². The van der Waals surface area contributed by atoms with Gasteiger partial charge in [0.05, 0.1) is 54.9 Å². The second-order valence-electron chi connectivity index (χ2n) is 12.9. The van der Waals surface area contributed by atoms with Gasteiger partial charge in [0, 0.05) is 62.2 Å². The van der Waals surface area contributed by atoms with E-state index < -0.39 is 23.4 Å². The molecule has 0 spiro atoms. The summed E-state index contributed by atoms with van der Waals surface area (Å²) in [4.78, 5) is 33.5. The number of aliphatic hydroxyl groups excluding tert-OH is 1. The maximum atomic E-state index is 15.6. The highest BCUT2D eigenvalue weighted by molar-refractivity contribution is 5.85. The Balaban J connectivity index is 1.25. The predicted molar refractivity (Wildman–Crippen MR) is 182 cm³/mol. The van der Waals surface area contributed by atoms with Gasteiger partial charge in [-0.15, -0.1) is 0 Å². The number of fused-ring (bicyclic) bond motifs is 2. The molecule has 2 aromatic carbocycles. The number of nitrogens with one attached hydrogen (secondary N) is 1. The van der Waals surface area contributed by atoms with Crippen LogP contribution in [-0.2, 0) is 36.9 Å². The molecule has 12 nitrogen and oxygen atoms in total. The lowest BCUT2D eigenvalue weighted by Crippen LogP contribution is -2.51. The van der Waals surface area contributed by atoms with Crippen LogP contribution in [0.15, 0.2) is 69.3 Å². The maximum absolute atomic E-state index is 15.6. The third-order valence-corrected chi connectivity index (χ3v) is 9.29. The second kappa shape index (κ2) is 12.2. The molecular formula is C35H37FN8O4. The fraction of sp³-hybridized carbons (Fsp3) is 0.343. The van der Waals surface area contributed by atoms with E-state index in [0.717, 1.165) is 38.5 Å². The van der Waals surface area contributed by atoms with E-state index in [-0.39, 0.29) is 16.6 Å². The summed E-state index contributed by atoms with van der Waals surface area (Å²) in [7, 11) is 3.21. The molecule has 1 saturated heterocycles. The Labute approximate surface area is 275 Å². The summed E-state index contributed by atoms with van der Waals surface area (Å²) in [6, 6.07) is 14.0. The molecule has 3 aromatic heterocycles. The van der Waals surface area contributed by atoms with Gasteiger partial charge in [0.2, 0.25) is 0 Å². The highest BCUT2D eigenvalue weighted by Crippen LogP contribution is 2.31. The Bertz CT molecular complexity index is 2200. The molecule has 0 aliphatic carbocycles. The molecular weight excluding hydrogens is 615 g/mol. The number of benzene rings is 2. The van der Waals surface area contributed by atoms with E-state index in [1.165, 1.54) is 15.3 Å². The number of nitrogens with zero attached hydrogens (tertiary/aromatic N) is 7. The molecule has 2 N–H and O–H groups in total. The number of hydrogen-bond acceptors (Lipinski definition) is 9. The van der Waals surface area contributed by atoms with Gasteiger partial charge in [-0.25, -0.2) is 9.07 Å². The quantitative estimate of drug-likeness (QED) is 0.244. The zero-order chi connectivity index (χ0) is 33.7. The standard InChI is InChI=1S/C35H37FN8O4/c1-35(2,20-37-3)22-12-21-8-9-43(34(47)32(21)27(36)13-22)30-7-5-6-25(26(30)17-45)28-15-29(33(46)41(4)39-28)38-31-14-23-16-42(24-18-48-19-24)10-11-44(23)40-31/h5-9,12-15,20,24,45H,10-11,16-19H2,1-4H3,(H,38,40). The third kappa shape index (κ3) is 5.53. The molecule has 1 fully saturated rings. The fourth-order valence-corrected chi connectivity index (χ4v) is 6.55. The van der Waals surface area contributed by atoms with Crippen LogP contribution >= 0.6 is 0 Å². The summed E-state index contributed by atoms with van der Waals surface area (Å²) in [5.74, 6) is -0.0948. The molecule has 2 aliphatic rings. The summed E-state index contributed by atoms with van der Waals surface area (Å²) in [6.07, 6.45) is 3.32. The van der Waals surface area contributed by atoms with Crippen molar-refractivity contribution in [2.24, 2.45) is 12.0 Å². The SMILES string of the molecule is CN=CC(C)(C)c1cc(F)c2c(=O)n(-c3cccc(-c4cc(Nc5cc6n(n5)CCN(C5COC5)C6)c(=O)n(C)n4)c3CO)ccc2c1. The molecule has 7 rings (SSSR count). The molecule has 0 amide bonds. The Hall–Kier alpha value is -4.98. The monoisotopic (exact) mass is 652 g/mol. The molecule has 0 atom stereocenters. The number of rotatable bonds is 8. The van der Waals surface area contributed by atoms with Crippen molar-refractivity contribution in [3.63, 3.8) is 0 Å². The number of hydrogen-bond donors (Lipinski definition) is 2. The van der Waals surface area contributed by atoms with Gasteiger partial charge < -0.3 is 15.2 Å². The summed E-state index contributed by atoms with van der Waals surface area (Å²) >= 11 is 0. The van der Waals surface area contributed by atoms with E-state index in [0.29, 0.717) is 45.3 Å². The smallest absolute Gasteiger partial charge is 0.290 e. The van der Waals surface area contributed by atoms with Gasteiger partial charge in [-0.05, 0) is 41.3 Å². The van der Waals surface area contributed by atoms with Crippen LogP contribution in [0.25, 0.3) is 27.7 Å². The Morgan fingerprint density at radius 3 is 2.65 bits per heavy atom. The lowest BCUT2D eigenvalue weighted by atomic mass is 9.85. The zero-order valence-corrected chi connectivity index (χ0v) is 27.3. The van der Waals surface area contributed by atoms with Crippen molar-refractivity contribution in [2.75, 3.05) is 32.1 Å². The third-order valence-electron chi connectivity index (χ3n) is 9.29. The maximum Gasteiger partial charge on any atom is 0.290 e. The van der Waals surface area contributed by atoms with Gasteiger partial charge in [-0.2, -0.15) is 10.2 Å². The summed E-state index contributed by atoms with van der Waals surface area (Å²) < 4.78 is 25.4. The van der Waals surface area contributed by atoms with Crippen LogP contribution in [0.3, 0.4) is 0 Å². The summed E-state index contributed by atoms with van der Waals surface area (Å²) in [5, 5.41) is 23.4. The first-order chi connectivity index (χ1) is 23.1. The van der Waals surface area contributed by atoms with Gasteiger partial charge in [0.25, 0.3) is 11.1 Å². The van der Waals surface area contributed by atoms with E-state index in [2.05, 4.69) is 25.4 Å². The van der Waals surface area contributed by atoms with Crippen LogP contribution in [0, 0.1) is 5.82 Å². The second-order valence-corrected chi connectivity index (χ2v) is 12.9. The van der Waals surface area contributed by atoms with E-state index >= 15 is 4.39 Å². The number of aromatic nitrogens is 5. The van der Waals surface area contributed by atoms with Crippen molar-refractivity contribution in [1.29, 1.82) is 0 Å². The minimum atomic E-state index is -0.637. The molecule has 13 heteroatoms. The van der Waals surface area contributed by atoms with Gasteiger partial charge >= 0.3 is 0 Å². The van der Waals surface area contributed by atoms with Crippen LogP contribution in [0.4, 0.5) is 15.9 Å². The van der Waals surface area contributed by atoms with Crippen molar-refractivity contribution in [2.45, 2.75) is 45.0 Å². The minimum absolute atomic E-state index is 0.0570. The lowest BCUT2D eigenvalue weighted by Gasteiger charge is -2.39. The Morgan fingerprint density at radius 1 is 1.10 bits per heavy atom. The van der Waals surface area contributed by atoms with Crippen molar-refractivity contribution in [1.82, 2.24) is 29.0 Å². The molecule has 0 saturated carbocycles. The van der Waals surface area contributed by atoms with E-state index in [9.17, 15) is 14.7 Å².